The maximum atomic E-state index is 13.0. The van der Waals surface area contributed by atoms with Gasteiger partial charge in [0.15, 0.2) is 0 Å². The van der Waals surface area contributed by atoms with Gasteiger partial charge < -0.3 is 10.1 Å². The predicted octanol–water partition coefficient (Wildman–Crippen LogP) is 3.12. The Kier molecular flexibility index (Phi) is 5.84. The van der Waals surface area contributed by atoms with Crippen molar-refractivity contribution in [1.82, 2.24) is 9.78 Å². The number of aromatic nitrogens is 2. The van der Waals surface area contributed by atoms with E-state index in [1.54, 1.807) is 36.0 Å². The standard InChI is InChI=1S/C21H24N4O4S/c1-14-20(15(2)24(3)23-14)22-21(26)16-10-12-17(13-11-16)30(27,28)25(4)18-8-6-7-9-19(18)29-5/h6-13H,1-5H3,(H,22,26). The Bertz CT molecular complexity index is 1180. The molecule has 30 heavy (non-hydrogen) atoms. The van der Waals surface area contributed by atoms with Crippen molar-refractivity contribution < 1.29 is 17.9 Å². The van der Waals surface area contributed by atoms with Crippen LogP contribution >= 0.6 is 0 Å². The van der Waals surface area contributed by atoms with Gasteiger partial charge in [-0.2, -0.15) is 5.10 Å². The molecular formula is C21H24N4O4S. The number of nitrogens with zero attached hydrogens (tertiary/aromatic N) is 3. The summed E-state index contributed by atoms with van der Waals surface area (Å²) in [5.74, 6) is 0.109. The summed E-state index contributed by atoms with van der Waals surface area (Å²) < 4.78 is 34.2. The molecule has 0 spiro atoms. The summed E-state index contributed by atoms with van der Waals surface area (Å²) in [6, 6.07) is 12.7. The minimum absolute atomic E-state index is 0.0706. The van der Waals surface area contributed by atoms with Crippen LogP contribution in [0.5, 0.6) is 5.75 Å². The molecule has 0 saturated heterocycles. The van der Waals surface area contributed by atoms with Gasteiger partial charge in [0.05, 0.1) is 34.8 Å². The number of ether oxygens (including phenoxy) is 1. The van der Waals surface area contributed by atoms with Crippen LogP contribution in [-0.2, 0) is 17.1 Å². The Balaban J connectivity index is 1.84. The van der Waals surface area contributed by atoms with E-state index in [1.807, 2.05) is 13.8 Å². The van der Waals surface area contributed by atoms with E-state index >= 15 is 0 Å². The van der Waals surface area contributed by atoms with Crippen LogP contribution in [0.4, 0.5) is 11.4 Å². The number of sulfonamides is 1. The number of nitrogens with one attached hydrogen (secondary N) is 1. The number of benzene rings is 2. The van der Waals surface area contributed by atoms with Crippen LogP contribution < -0.4 is 14.4 Å². The normalized spacial score (nSPS) is 11.2. The van der Waals surface area contributed by atoms with Crippen LogP contribution in [0.25, 0.3) is 0 Å². The van der Waals surface area contributed by atoms with E-state index in [1.165, 1.54) is 38.4 Å². The molecule has 8 nitrogen and oxygen atoms in total. The molecule has 0 aliphatic carbocycles. The molecule has 9 heteroatoms. The lowest BCUT2D eigenvalue weighted by molar-refractivity contribution is 0.102. The van der Waals surface area contributed by atoms with Gasteiger partial charge in [0.25, 0.3) is 15.9 Å². The Morgan fingerprint density at radius 3 is 2.30 bits per heavy atom. The largest absolute Gasteiger partial charge is 0.495 e. The van der Waals surface area contributed by atoms with Crippen LogP contribution in [0, 0.1) is 13.8 Å². The van der Waals surface area contributed by atoms with Crippen molar-refractivity contribution >= 4 is 27.3 Å². The Labute approximate surface area is 176 Å². The van der Waals surface area contributed by atoms with Gasteiger partial charge in [0.1, 0.15) is 5.75 Å². The number of hydrogen-bond donors (Lipinski definition) is 1. The molecule has 0 radical (unpaired) electrons. The molecule has 1 amide bonds. The third-order valence-electron chi connectivity index (χ3n) is 4.95. The number of anilines is 2. The lowest BCUT2D eigenvalue weighted by Crippen LogP contribution is -2.27. The second-order valence-electron chi connectivity index (χ2n) is 6.79. The van der Waals surface area contributed by atoms with Crippen molar-refractivity contribution in [2.24, 2.45) is 7.05 Å². The maximum Gasteiger partial charge on any atom is 0.264 e. The summed E-state index contributed by atoms with van der Waals surface area (Å²) in [6.45, 7) is 3.67. The first kappa shape index (κ1) is 21.4. The highest BCUT2D eigenvalue weighted by molar-refractivity contribution is 7.92. The number of hydrogen-bond acceptors (Lipinski definition) is 5. The fraction of sp³-hybridized carbons (Fsp3) is 0.238. The van der Waals surface area contributed by atoms with Gasteiger partial charge in [-0.3, -0.25) is 13.8 Å². The van der Waals surface area contributed by atoms with E-state index in [2.05, 4.69) is 10.4 Å². The second-order valence-corrected chi connectivity index (χ2v) is 8.76. The molecule has 0 fully saturated rings. The molecule has 1 heterocycles. The van der Waals surface area contributed by atoms with Crippen molar-refractivity contribution in [2.75, 3.05) is 23.8 Å². The highest BCUT2D eigenvalue weighted by atomic mass is 32.2. The van der Waals surface area contributed by atoms with E-state index < -0.39 is 10.0 Å². The molecule has 3 rings (SSSR count). The van der Waals surface area contributed by atoms with Crippen LogP contribution in [0.1, 0.15) is 21.7 Å². The highest BCUT2D eigenvalue weighted by Crippen LogP contribution is 2.31. The van der Waals surface area contributed by atoms with Gasteiger partial charge in [-0.1, -0.05) is 12.1 Å². The SMILES string of the molecule is COc1ccccc1N(C)S(=O)(=O)c1ccc(C(=O)Nc2c(C)nn(C)c2C)cc1. The number of carbonyl (C=O) groups is 1. The van der Waals surface area contributed by atoms with E-state index in [0.29, 0.717) is 28.4 Å². The molecular weight excluding hydrogens is 404 g/mol. The topological polar surface area (TPSA) is 93.5 Å². The summed E-state index contributed by atoms with van der Waals surface area (Å²) in [4.78, 5) is 12.7. The third-order valence-corrected chi connectivity index (χ3v) is 6.73. The number of aryl methyl sites for hydroxylation is 2. The Hall–Kier alpha value is -3.33. The lowest BCUT2D eigenvalue weighted by Gasteiger charge is -2.21. The van der Waals surface area contributed by atoms with Crippen molar-refractivity contribution in [3.8, 4) is 5.75 Å². The monoisotopic (exact) mass is 428 g/mol. The first-order valence-corrected chi connectivity index (χ1v) is 10.6. The fourth-order valence-corrected chi connectivity index (χ4v) is 4.30. The smallest absolute Gasteiger partial charge is 0.264 e. The van der Waals surface area contributed by atoms with Crippen molar-refractivity contribution in [1.29, 1.82) is 0 Å². The quantitative estimate of drug-likeness (QED) is 0.651. The van der Waals surface area contributed by atoms with Crippen molar-refractivity contribution in [2.45, 2.75) is 18.7 Å². The number of para-hydroxylation sites is 2. The van der Waals surface area contributed by atoms with Gasteiger partial charge in [-0.25, -0.2) is 8.42 Å². The zero-order valence-corrected chi connectivity index (χ0v) is 18.3. The summed E-state index contributed by atoms with van der Waals surface area (Å²) in [5.41, 5.74) is 2.95. The molecule has 158 valence electrons. The molecule has 1 aromatic heterocycles. The molecule has 2 aromatic carbocycles. The van der Waals surface area contributed by atoms with Gasteiger partial charge >= 0.3 is 0 Å². The fourth-order valence-electron chi connectivity index (χ4n) is 3.10. The molecule has 0 bridgehead atoms. The number of amides is 1. The summed E-state index contributed by atoms with van der Waals surface area (Å²) in [6.07, 6.45) is 0. The highest BCUT2D eigenvalue weighted by Gasteiger charge is 2.24. The first-order valence-electron chi connectivity index (χ1n) is 9.20. The zero-order chi connectivity index (χ0) is 22.1. The minimum Gasteiger partial charge on any atom is -0.495 e. The lowest BCUT2D eigenvalue weighted by atomic mass is 10.2. The van der Waals surface area contributed by atoms with Gasteiger partial charge in [-0.15, -0.1) is 0 Å². The van der Waals surface area contributed by atoms with E-state index in [9.17, 15) is 13.2 Å². The van der Waals surface area contributed by atoms with Crippen LogP contribution in [0.3, 0.4) is 0 Å². The van der Waals surface area contributed by atoms with Crippen LogP contribution in [-0.4, -0.2) is 38.3 Å². The Morgan fingerprint density at radius 2 is 1.73 bits per heavy atom. The number of carbonyl (C=O) groups excluding carboxylic acids is 1. The Morgan fingerprint density at radius 1 is 1.10 bits per heavy atom. The zero-order valence-electron chi connectivity index (χ0n) is 17.5. The molecule has 0 saturated carbocycles. The third kappa shape index (κ3) is 3.88. The van der Waals surface area contributed by atoms with Crippen LogP contribution in [0.15, 0.2) is 53.4 Å². The maximum absolute atomic E-state index is 13.0. The minimum atomic E-state index is -3.83. The molecule has 3 aromatic rings. The van der Waals surface area contributed by atoms with E-state index in [0.717, 1.165) is 10.00 Å². The van der Waals surface area contributed by atoms with Crippen LogP contribution in [0.2, 0.25) is 0 Å². The average Bonchev–Trinajstić information content (AvgIpc) is 2.99. The van der Waals surface area contributed by atoms with Gasteiger partial charge in [-0.05, 0) is 50.2 Å². The summed E-state index contributed by atoms with van der Waals surface area (Å²) >= 11 is 0. The van der Waals surface area contributed by atoms with E-state index in [4.69, 9.17) is 4.74 Å². The average molecular weight is 429 g/mol. The van der Waals surface area contributed by atoms with E-state index in [-0.39, 0.29) is 10.8 Å². The molecule has 0 atom stereocenters. The number of methoxy groups -OCH3 is 1. The summed E-state index contributed by atoms with van der Waals surface area (Å²) in [5, 5.41) is 7.11. The molecule has 0 aliphatic rings. The van der Waals surface area contributed by atoms with Crippen molar-refractivity contribution in [3.63, 3.8) is 0 Å². The molecule has 0 unspecified atom stereocenters. The van der Waals surface area contributed by atoms with Gasteiger partial charge in [0.2, 0.25) is 0 Å². The predicted molar refractivity (Wildman–Crippen MR) is 116 cm³/mol. The number of rotatable bonds is 6. The first-order chi connectivity index (χ1) is 14.2. The second kappa shape index (κ2) is 8.19. The van der Waals surface area contributed by atoms with Gasteiger partial charge in [0, 0.05) is 19.7 Å². The molecule has 0 aliphatic heterocycles. The van der Waals surface area contributed by atoms with Crippen molar-refractivity contribution in [3.05, 3.63) is 65.5 Å². The molecule has 1 N–H and O–H groups in total. The summed E-state index contributed by atoms with van der Waals surface area (Å²) in [7, 11) is 0.918.